The van der Waals surface area contributed by atoms with Crippen molar-refractivity contribution in [2.24, 2.45) is 5.92 Å². The number of hydrogen-bond donors (Lipinski definition) is 1. The van der Waals surface area contributed by atoms with Gasteiger partial charge in [0, 0.05) is 30.0 Å². The predicted molar refractivity (Wildman–Crippen MR) is 157 cm³/mol. The maximum atomic E-state index is 13.8. The molecule has 1 N–H and O–H groups in total. The Labute approximate surface area is 229 Å². The second-order valence-electron chi connectivity index (χ2n) is 11.9. The molecule has 0 atom stereocenters. The number of anilines is 2. The van der Waals surface area contributed by atoms with Gasteiger partial charge in [-0.1, -0.05) is 50.3 Å². The van der Waals surface area contributed by atoms with Gasteiger partial charge in [-0.25, -0.2) is 4.98 Å². The number of fused-ring (bicyclic) bond motifs is 1. The standard InChI is InChI=1S/C33H37N5O/c39-32-29(30-17-14-26(19-34-30)24-6-2-1-3-7-24)18-27-20-35-33(37-31(27)38(32)21-22-10-11-22)36-28-15-12-25(13-16-28)23-8-4-5-9-23/h12-20,22-24H,1-11,21H2,(H,35,36,37). The molecule has 3 fully saturated rings. The van der Waals surface area contributed by atoms with Crippen LogP contribution in [-0.4, -0.2) is 19.5 Å². The molecule has 3 saturated carbocycles. The lowest BCUT2D eigenvalue weighted by atomic mass is 9.85. The van der Waals surface area contributed by atoms with Crippen molar-refractivity contribution in [3.8, 4) is 11.3 Å². The van der Waals surface area contributed by atoms with Crippen LogP contribution in [0, 0.1) is 5.92 Å². The quantitative estimate of drug-likeness (QED) is 0.271. The molecule has 200 valence electrons. The Hall–Kier alpha value is -3.54. The van der Waals surface area contributed by atoms with Gasteiger partial charge in [-0.15, -0.1) is 0 Å². The van der Waals surface area contributed by atoms with E-state index in [4.69, 9.17) is 9.97 Å². The molecular formula is C33H37N5O. The monoisotopic (exact) mass is 519 g/mol. The molecule has 1 aromatic carbocycles. The van der Waals surface area contributed by atoms with E-state index in [1.54, 1.807) is 0 Å². The molecule has 3 aliphatic rings. The highest BCUT2D eigenvalue weighted by Crippen LogP contribution is 2.35. The van der Waals surface area contributed by atoms with Gasteiger partial charge in [-0.3, -0.25) is 14.3 Å². The van der Waals surface area contributed by atoms with E-state index < -0.39 is 0 Å². The molecule has 39 heavy (non-hydrogen) atoms. The van der Waals surface area contributed by atoms with Crippen LogP contribution in [0.25, 0.3) is 22.3 Å². The van der Waals surface area contributed by atoms with E-state index in [0.717, 1.165) is 29.6 Å². The van der Waals surface area contributed by atoms with Crippen LogP contribution in [0.4, 0.5) is 11.6 Å². The Kier molecular flexibility index (Phi) is 6.63. The van der Waals surface area contributed by atoms with E-state index in [2.05, 4.69) is 40.6 Å². The summed E-state index contributed by atoms with van der Waals surface area (Å²) in [6.07, 6.45) is 17.8. The van der Waals surface area contributed by atoms with Crippen molar-refractivity contribution in [1.82, 2.24) is 19.5 Å². The molecule has 3 heterocycles. The summed E-state index contributed by atoms with van der Waals surface area (Å²) in [5.41, 5.74) is 5.72. The molecule has 6 heteroatoms. The first-order valence-electron chi connectivity index (χ1n) is 15.0. The Morgan fingerprint density at radius 3 is 2.15 bits per heavy atom. The Balaban J connectivity index is 1.19. The molecule has 0 amide bonds. The Morgan fingerprint density at radius 2 is 1.46 bits per heavy atom. The van der Waals surface area contributed by atoms with E-state index in [-0.39, 0.29) is 5.56 Å². The average molecular weight is 520 g/mol. The Bertz CT molecular complexity index is 1510. The number of benzene rings is 1. The first kappa shape index (κ1) is 24.5. The summed E-state index contributed by atoms with van der Waals surface area (Å²) < 4.78 is 1.86. The first-order chi connectivity index (χ1) is 19.2. The van der Waals surface area contributed by atoms with Crippen LogP contribution >= 0.6 is 0 Å². The largest absolute Gasteiger partial charge is 0.324 e. The van der Waals surface area contributed by atoms with Crippen LogP contribution in [0.5, 0.6) is 0 Å². The average Bonchev–Trinajstić information content (AvgIpc) is 3.64. The van der Waals surface area contributed by atoms with Crippen LogP contribution in [0.3, 0.4) is 0 Å². The van der Waals surface area contributed by atoms with Crippen LogP contribution in [0.15, 0.2) is 59.7 Å². The van der Waals surface area contributed by atoms with Gasteiger partial charge < -0.3 is 5.32 Å². The predicted octanol–water partition coefficient (Wildman–Crippen LogP) is 7.71. The Morgan fingerprint density at radius 1 is 0.769 bits per heavy atom. The number of hydrogen-bond acceptors (Lipinski definition) is 5. The first-order valence-corrected chi connectivity index (χ1v) is 15.0. The van der Waals surface area contributed by atoms with Crippen LogP contribution in [0.1, 0.15) is 93.6 Å². The summed E-state index contributed by atoms with van der Waals surface area (Å²) in [7, 11) is 0. The van der Waals surface area contributed by atoms with Crippen molar-refractivity contribution < 1.29 is 0 Å². The fraction of sp³-hybridized carbons (Fsp3) is 0.455. The minimum atomic E-state index is -0.0158. The van der Waals surface area contributed by atoms with Crippen molar-refractivity contribution in [1.29, 1.82) is 0 Å². The SMILES string of the molecule is O=c1c(-c2ccc(C3CCCCC3)cn2)cc2cnc(Nc3ccc(C4CCCC4)cc3)nc2n1CC1CC1. The number of nitrogens with one attached hydrogen (secondary N) is 1. The molecule has 4 aromatic rings. The molecule has 0 spiro atoms. The van der Waals surface area contributed by atoms with E-state index in [1.165, 1.54) is 68.9 Å². The third kappa shape index (κ3) is 5.21. The van der Waals surface area contributed by atoms with Gasteiger partial charge in [0.1, 0.15) is 5.65 Å². The van der Waals surface area contributed by atoms with Gasteiger partial charge >= 0.3 is 0 Å². The van der Waals surface area contributed by atoms with Crippen molar-refractivity contribution >= 4 is 22.7 Å². The van der Waals surface area contributed by atoms with Gasteiger partial charge in [0.25, 0.3) is 5.56 Å². The highest BCUT2D eigenvalue weighted by Gasteiger charge is 2.25. The normalized spacial score (nSPS) is 18.6. The van der Waals surface area contributed by atoms with E-state index >= 15 is 0 Å². The highest BCUT2D eigenvalue weighted by molar-refractivity contribution is 5.81. The molecule has 0 radical (unpaired) electrons. The van der Waals surface area contributed by atoms with E-state index in [0.29, 0.717) is 41.5 Å². The lowest BCUT2D eigenvalue weighted by Crippen LogP contribution is -2.24. The summed E-state index contributed by atoms with van der Waals surface area (Å²) in [4.78, 5) is 28.0. The summed E-state index contributed by atoms with van der Waals surface area (Å²) in [6.45, 7) is 0.690. The lowest BCUT2D eigenvalue weighted by molar-refractivity contribution is 0.443. The third-order valence-corrected chi connectivity index (χ3v) is 9.10. The van der Waals surface area contributed by atoms with Crippen LogP contribution < -0.4 is 10.9 Å². The highest BCUT2D eigenvalue weighted by atomic mass is 16.1. The molecule has 3 aliphatic carbocycles. The van der Waals surface area contributed by atoms with Crippen molar-refractivity contribution in [3.05, 3.63) is 76.3 Å². The zero-order chi connectivity index (χ0) is 26.2. The van der Waals surface area contributed by atoms with Gasteiger partial charge in [-0.05, 0) is 91.7 Å². The van der Waals surface area contributed by atoms with Gasteiger partial charge in [0.15, 0.2) is 0 Å². The molecule has 6 nitrogen and oxygen atoms in total. The summed E-state index contributed by atoms with van der Waals surface area (Å²) in [5, 5.41) is 4.23. The van der Waals surface area contributed by atoms with Crippen molar-refractivity contribution in [3.63, 3.8) is 0 Å². The maximum Gasteiger partial charge on any atom is 0.261 e. The zero-order valence-corrected chi connectivity index (χ0v) is 22.6. The fourth-order valence-electron chi connectivity index (χ4n) is 6.60. The number of pyridine rings is 2. The van der Waals surface area contributed by atoms with Gasteiger partial charge in [0.05, 0.1) is 11.3 Å². The van der Waals surface area contributed by atoms with Crippen molar-refractivity contribution in [2.75, 3.05) is 5.32 Å². The number of rotatable bonds is 7. The third-order valence-electron chi connectivity index (χ3n) is 9.10. The second kappa shape index (κ2) is 10.6. The van der Waals surface area contributed by atoms with Crippen LogP contribution in [0.2, 0.25) is 0 Å². The van der Waals surface area contributed by atoms with E-state index in [1.807, 2.05) is 29.1 Å². The van der Waals surface area contributed by atoms with Crippen LogP contribution in [-0.2, 0) is 6.54 Å². The smallest absolute Gasteiger partial charge is 0.261 e. The maximum absolute atomic E-state index is 13.8. The molecule has 7 rings (SSSR count). The van der Waals surface area contributed by atoms with Crippen molar-refractivity contribution in [2.45, 2.75) is 89.0 Å². The summed E-state index contributed by atoms with van der Waals surface area (Å²) >= 11 is 0. The topological polar surface area (TPSA) is 72.7 Å². The molecule has 0 aliphatic heterocycles. The molecule has 3 aromatic heterocycles. The zero-order valence-electron chi connectivity index (χ0n) is 22.6. The second-order valence-corrected chi connectivity index (χ2v) is 11.9. The fourth-order valence-corrected chi connectivity index (χ4v) is 6.60. The minimum Gasteiger partial charge on any atom is -0.324 e. The number of nitrogens with zero attached hydrogens (tertiary/aromatic N) is 4. The van der Waals surface area contributed by atoms with Gasteiger partial charge in [0.2, 0.25) is 5.95 Å². The molecule has 0 saturated heterocycles. The van der Waals surface area contributed by atoms with Gasteiger partial charge in [-0.2, -0.15) is 4.98 Å². The molecular weight excluding hydrogens is 482 g/mol. The number of aromatic nitrogens is 4. The summed E-state index contributed by atoms with van der Waals surface area (Å²) in [5.74, 6) is 2.35. The summed E-state index contributed by atoms with van der Waals surface area (Å²) in [6, 6.07) is 14.8. The minimum absolute atomic E-state index is 0.0158. The molecule has 0 bridgehead atoms. The molecule has 0 unspecified atom stereocenters. The van der Waals surface area contributed by atoms with E-state index in [9.17, 15) is 4.79 Å². The lowest BCUT2D eigenvalue weighted by Gasteiger charge is -2.21.